The van der Waals surface area contributed by atoms with Crippen LogP contribution in [-0.4, -0.2) is 28.5 Å². The van der Waals surface area contributed by atoms with Gasteiger partial charge in [0.2, 0.25) is 0 Å². The average molecular weight is 379 g/mol. The Kier molecular flexibility index (Phi) is 6.01. The fraction of sp³-hybridized carbons (Fsp3) is 0.200. The molecule has 144 valence electrons. The van der Waals surface area contributed by atoms with Crippen LogP contribution in [0.1, 0.15) is 22.4 Å². The third kappa shape index (κ3) is 4.94. The number of ether oxygens (including phenoxy) is 2. The molecule has 2 aromatic carbocycles. The van der Waals surface area contributed by atoms with Gasteiger partial charge in [0.15, 0.2) is 17.3 Å². The predicted molar refractivity (Wildman–Crippen MR) is 107 cm³/mol. The van der Waals surface area contributed by atoms with E-state index in [1.807, 2.05) is 43.3 Å². The van der Waals surface area contributed by atoms with Crippen LogP contribution in [0.4, 0.5) is 5.82 Å². The molecule has 1 aromatic heterocycles. The van der Waals surface area contributed by atoms with Gasteiger partial charge in [0.1, 0.15) is 12.3 Å². The summed E-state index contributed by atoms with van der Waals surface area (Å²) < 4.78 is 11.3. The monoisotopic (exact) mass is 379 g/mol. The van der Waals surface area contributed by atoms with Gasteiger partial charge in [-0.2, -0.15) is 15.2 Å². The number of aromatic nitrogens is 3. The number of hydrazone groups is 1. The van der Waals surface area contributed by atoms with Gasteiger partial charge in [0.25, 0.3) is 0 Å². The van der Waals surface area contributed by atoms with E-state index in [-0.39, 0.29) is 0 Å². The maximum absolute atomic E-state index is 11.2. The lowest BCUT2D eigenvalue weighted by atomic mass is 10.1. The van der Waals surface area contributed by atoms with Gasteiger partial charge in [-0.05, 0) is 43.2 Å². The van der Waals surface area contributed by atoms with Crippen LogP contribution < -0.4 is 20.6 Å². The predicted octanol–water partition coefficient (Wildman–Crippen LogP) is 2.82. The Bertz CT molecular complexity index is 1050. The SMILES string of the molecule is COc1cc(/C=N\Nc2nc(=O)[nH]nc2C)ccc1OCc1cccc(C)c1. The molecule has 0 bridgehead atoms. The van der Waals surface area contributed by atoms with Gasteiger partial charge in [0.05, 0.1) is 13.3 Å². The van der Waals surface area contributed by atoms with Crippen molar-refractivity contribution < 1.29 is 9.47 Å². The first-order valence-electron chi connectivity index (χ1n) is 8.64. The van der Waals surface area contributed by atoms with Gasteiger partial charge < -0.3 is 9.47 Å². The van der Waals surface area contributed by atoms with Crippen molar-refractivity contribution in [2.24, 2.45) is 5.10 Å². The van der Waals surface area contributed by atoms with E-state index in [0.717, 1.165) is 11.1 Å². The van der Waals surface area contributed by atoms with E-state index in [9.17, 15) is 4.79 Å². The molecule has 8 heteroatoms. The molecule has 0 radical (unpaired) electrons. The smallest absolute Gasteiger partial charge is 0.363 e. The molecule has 28 heavy (non-hydrogen) atoms. The first-order valence-corrected chi connectivity index (χ1v) is 8.64. The van der Waals surface area contributed by atoms with Crippen LogP contribution in [0.3, 0.4) is 0 Å². The summed E-state index contributed by atoms with van der Waals surface area (Å²) in [4.78, 5) is 15.0. The van der Waals surface area contributed by atoms with E-state index < -0.39 is 5.69 Å². The molecule has 1 heterocycles. The second-order valence-electron chi connectivity index (χ2n) is 6.13. The lowest BCUT2D eigenvalue weighted by molar-refractivity contribution is 0.284. The number of H-pyrrole nitrogens is 1. The maximum Gasteiger partial charge on any atom is 0.363 e. The third-order valence-corrected chi connectivity index (χ3v) is 3.92. The van der Waals surface area contributed by atoms with Crippen molar-refractivity contribution in [2.45, 2.75) is 20.5 Å². The Morgan fingerprint density at radius 1 is 1.18 bits per heavy atom. The number of aromatic amines is 1. The van der Waals surface area contributed by atoms with Crippen molar-refractivity contribution in [3.63, 3.8) is 0 Å². The zero-order valence-electron chi connectivity index (χ0n) is 15.9. The molecule has 0 unspecified atom stereocenters. The summed E-state index contributed by atoms with van der Waals surface area (Å²) in [5.74, 6) is 1.54. The number of methoxy groups -OCH3 is 1. The quantitative estimate of drug-likeness (QED) is 0.483. The minimum absolute atomic E-state index is 0.296. The van der Waals surface area contributed by atoms with E-state index in [1.54, 1.807) is 20.2 Å². The highest BCUT2D eigenvalue weighted by Crippen LogP contribution is 2.28. The highest BCUT2D eigenvalue weighted by molar-refractivity contribution is 5.81. The molecule has 0 saturated heterocycles. The minimum Gasteiger partial charge on any atom is -0.493 e. The van der Waals surface area contributed by atoms with Gasteiger partial charge in [-0.25, -0.2) is 9.89 Å². The van der Waals surface area contributed by atoms with Crippen molar-refractivity contribution in [3.8, 4) is 11.5 Å². The highest BCUT2D eigenvalue weighted by atomic mass is 16.5. The average Bonchev–Trinajstić information content (AvgIpc) is 2.69. The Morgan fingerprint density at radius 3 is 2.82 bits per heavy atom. The molecule has 0 aliphatic heterocycles. The second-order valence-corrected chi connectivity index (χ2v) is 6.13. The number of nitrogens with one attached hydrogen (secondary N) is 2. The standard InChI is InChI=1S/C20H21N5O3/c1-13-5-4-6-16(9-13)12-28-17-8-7-15(10-18(17)27-3)11-21-24-19-14(2)23-25-20(26)22-19/h4-11H,12H2,1-3H3,(H2,22,24,25,26)/b21-11-. The van der Waals surface area contributed by atoms with E-state index in [4.69, 9.17) is 9.47 Å². The summed E-state index contributed by atoms with van der Waals surface area (Å²) in [5.41, 5.74) is 5.78. The molecule has 2 N–H and O–H groups in total. The molecule has 0 aliphatic rings. The van der Waals surface area contributed by atoms with Gasteiger partial charge in [-0.15, -0.1) is 0 Å². The summed E-state index contributed by atoms with van der Waals surface area (Å²) in [6.07, 6.45) is 1.59. The summed E-state index contributed by atoms with van der Waals surface area (Å²) in [6, 6.07) is 13.6. The van der Waals surface area contributed by atoms with Gasteiger partial charge in [0, 0.05) is 0 Å². The number of nitrogens with zero attached hydrogens (tertiary/aromatic N) is 3. The van der Waals surface area contributed by atoms with Crippen LogP contribution in [0.2, 0.25) is 0 Å². The summed E-state index contributed by atoms with van der Waals surface area (Å²) in [7, 11) is 1.59. The Morgan fingerprint density at radius 2 is 2.04 bits per heavy atom. The van der Waals surface area contributed by atoms with Crippen LogP contribution in [0.15, 0.2) is 52.4 Å². The van der Waals surface area contributed by atoms with E-state index in [0.29, 0.717) is 29.6 Å². The van der Waals surface area contributed by atoms with Crippen LogP contribution in [-0.2, 0) is 6.61 Å². The number of benzene rings is 2. The van der Waals surface area contributed by atoms with Crippen LogP contribution in [0.25, 0.3) is 0 Å². The summed E-state index contributed by atoms with van der Waals surface area (Å²) >= 11 is 0. The summed E-state index contributed by atoms with van der Waals surface area (Å²) in [5, 5.41) is 10.2. The topological polar surface area (TPSA) is 101 Å². The molecule has 8 nitrogen and oxygen atoms in total. The Labute approximate surface area is 162 Å². The number of hydrogen-bond acceptors (Lipinski definition) is 7. The molecule has 0 amide bonds. The first-order chi connectivity index (χ1) is 13.5. The molecule has 0 spiro atoms. The largest absolute Gasteiger partial charge is 0.493 e. The Balaban J connectivity index is 1.68. The van der Waals surface area contributed by atoms with E-state index in [1.165, 1.54) is 5.56 Å². The van der Waals surface area contributed by atoms with Crippen LogP contribution in [0.5, 0.6) is 11.5 Å². The lowest BCUT2D eigenvalue weighted by Gasteiger charge is -2.11. The molecule has 0 fully saturated rings. The molecule has 0 saturated carbocycles. The van der Waals surface area contributed by atoms with Crippen molar-refractivity contribution in [2.75, 3.05) is 12.5 Å². The zero-order chi connectivity index (χ0) is 19.9. The number of anilines is 1. The number of aryl methyl sites for hydroxylation is 2. The number of hydrogen-bond donors (Lipinski definition) is 2. The van der Waals surface area contributed by atoms with Crippen LogP contribution >= 0.6 is 0 Å². The molecule has 3 aromatic rings. The third-order valence-electron chi connectivity index (χ3n) is 3.92. The second kappa shape index (κ2) is 8.81. The fourth-order valence-corrected chi connectivity index (χ4v) is 2.51. The van der Waals surface area contributed by atoms with Crippen molar-refractivity contribution in [3.05, 3.63) is 75.3 Å². The highest BCUT2D eigenvalue weighted by Gasteiger charge is 2.06. The molecule has 0 aliphatic carbocycles. The fourth-order valence-electron chi connectivity index (χ4n) is 2.51. The van der Waals surface area contributed by atoms with Gasteiger partial charge >= 0.3 is 5.69 Å². The van der Waals surface area contributed by atoms with Gasteiger partial charge in [-0.3, -0.25) is 5.43 Å². The van der Waals surface area contributed by atoms with Crippen molar-refractivity contribution in [1.82, 2.24) is 15.2 Å². The number of rotatable bonds is 7. The zero-order valence-corrected chi connectivity index (χ0v) is 15.9. The molecular weight excluding hydrogens is 358 g/mol. The van der Waals surface area contributed by atoms with E-state index in [2.05, 4.69) is 31.8 Å². The normalized spacial score (nSPS) is 10.8. The van der Waals surface area contributed by atoms with Crippen molar-refractivity contribution >= 4 is 12.0 Å². The maximum atomic E-state index is 11.2. The first kappa shape index (κ1) is 19.1. The lowest BCUT2D eigenvalue weighted by Crippen LogP contribution is -2.15. The Hall–Kier alpha value is -3.68. The van der Waals surface area contributed by atoms with E-state index >= 15 is 0 Å². The van der Waals surface area contributed by atoms with Crippen molar-refractivity contribution in [1.29, 1.82) is 0 Å². The molecule has 3 rings (SSSR count). The van der Waals surface area contributed by atoms with Crippen LogP contribution in [0, 0.1) is 13.8 Å². The summed E-state index contributed by atoms with van der Waals surface area (Å²) in [6.45, 7) is 4.21. The van der Waals surface area contributed by atoms with Gasteiger partial charge in [-0.1, -0.05) is 29.8 Å². The molecule has 0 atom stereocenters. The molecular formula is C20H21N5O3. The minimum atomic E-state index is -0.542.